The molecule has 4 nitrogen and oxygen atoms in total. The van der Waals surface area contributed by atoms with Crippen LogP contribution in [0.4, 0.5) is 0 Å². The Kier molecular flexibility index (Phi) is 64.0. The molecule has 0 saturated heterocycles. The van der Waals surface area contributed by atoms with Crippen molar-refractivity contribution in [2.75, 3.05) is 19.8 Å². The molecule has 0 rings (SSSR count). The van der Waals surface area contributed by atoms with E-state index >= 15 is 0 Å². The van der Waals surface area contributed by atoms with Crippen molar-refractivity contribution < 1.29 is 19.7 Å². The molecule has 0 saturated carbocycles. The Hall–Kier alpha value is 0.0569. The van der Waals surface area contributed by atoms with Crippen molar-refractivity contribution in [3.63, 3.8) is 0 Å². The summed E-state index contributed by atoms with van der Waals surface area (Å²) in [5, 5.41) is 17.0. The van der Waals surface area contributed by atoms with Gasteiger partial charge in [0.05, 0.1) is 6.61 Å². The summed E-state index contributed by atoms with van der Waals surface area (Å²) in [6.45, 7) is 4.17. The highest BCUT2D eigenvalue weighted by atomic mass is 28.4. The molecule has 0 aliphatic rings. The highest BCUT2D eigenvalue weighted by molar-refractivity contribution is 6.70. The minimum absolute atomic E-state index is 0. The second-order valence-corrected chi connectivity index (χ2v) is 7.05. The van der Waals surface area contributed by atoms with Gasteiger partial charge in [0.15, 0.2) is 0 Å². The van der Waals surface area contributed by atoms with Crippen molar-refractivity contribution in [1.29, 1.82) is 0 Å². The molecule has 2 N–H and O–H groups in total. The van der Waals surface area contributed by atoms with Gasteiger partial charge in [-0.2, -0.15) is 0 Å². The molecule has 0 aliphatic heterocycles. The summed E-state index contributed by atoms with van der Waals surface area (Å²) < 4.78 is 5.03. The first kappa shape index (κ1) is 43.5. The quantitative estimate of drug-likeness (QED) is 0.334. The van der Waals surface area contributed by atoms with Crippen LogP contribution >= 0.6 is 0 Å². The number of hydrogen-bond acceptors (Lipinski definition) is 4. The van der Waals surface area contributed by atoms with Gasteiger partial charge in [0.1, 0.15) is 6.61 Å². The average molecular weight is 277 g/mol. The number of aliphatic hydroxyl groups is 2. The largest absolute Gasteiger partial charge is 0.397 e. The Morgan fingerprint density at radius 3 is 1.53 bits per heavy atom. The summed E-state index contributed by atoms with van der Waals surface area (Å²) in [5.41, 5.74) is 0. The molecule has 5 heteroatoms. The monoisotopic (exact) mass is 276 g/mol. The maximum atomic E-state index is 8.61. The lowest BCUT2D eigenvalue weighted by Crippen LogP contribution is -2.31. The first-order valence-corrected chi connectivity index (χ1v) is 6.76. The molecule has 17 heavy (non-hydrogen) atoms. The molecule has 0 radical (unpaired) electrons. The van der Waals surface area contributed by atoms with E-state index in [0.29, 0.717) is 6.04 Å². The van der Waals surface area contributed by atoms with Crippen molar-refractivity contribution in [2.45, 2.75) is 63.7 Å². The lowest BCUT2D eigenvalue weighted by atomic mass is 10.8. The summed E-state index contributed by atoms with van der Waals surface area (Å²) in [6, 6.07) is 0.651. The third kappa shape index (κ3) is 31.4. The zero-order valence-electron chi connectivity index (χ0n) is 7.04. The lowest BCUT2D eigenvalue weighted by Gasteiger charge is -2.19. The molecule has 0 bridgehead atoms. The predicted octanol–water partition coefficient (Wildman–Crippen LogP) is 3.94. The Morgan fingerprint density at radius 2 is 1.24 bits per heavy atom. The molecule has 0 aromatic rings. The summed E-state index contributed by atoms with van der Waals surface area (Å²) in [5.74, 6) is 0. The fraction of sp³-hybridized carbons (Fsp3) is 1.00. The highest BCUT2D eigenvalue weighted by Gasteiger charge is 2.23. The van der Waals surface area contributed by atoms with Gasteiger partial charge in [-0.25, -0.2) is 4.89 Å². The maximum Gasteiger partial charge on any atom is 0.235 e. The van der Waals surface area contributed by atoms with Crippen LogP contribution in [0.5, 0.6) is 0 Å². The summed E-state index contributed by atoms with van der Waals surface area (Å²) in [4.78, 5) is 4.70. The Bertz CT molecular complexity index is 101. The van der Waals surface area contributed by atoms with Crippen molar-refractivity contribution in [2.24, 2.45) is 0 Å². The molecule has 0 fully saturated rings. The molecule has 0 aliphatic carbocycles. The van der Waals surface area contributed by atoms with Gasteiger partial charge in [0.2, 0.25) is 8.32 Å². The molecule has 0 atom stereocenters. The molecule has 0 amide bonds. The van der Waals surface area contributed by atoms with Crippen molar-refractivity contribution >= 4 is 8.32 Å². The number of aliphatic hydroxyl groups excluding tert-OH is 2. The van der Waals surface area contributed by atoms with Gasteiger partial charge in [0.25, 0.3) is 0 Å². The first-order valence-electron chi connectivity index (χ1n) is 3.65. The summed E-state index contributed by atoms with van der Waals surface area (Å²) in [7, 11) is -1.82. The van der Waals surface area contributed by atoms with E-state index in [2.05, 4.69) is 0 Å². The summed E-state index contributed by atoms with van der Waals surface area (Å²) >= 11 is 0. The van der Waals surface area contributed by atoms with E-state index in [1.54, 1.807) is 0 Å². The molecular formula is C12H40O4Si. The van der Waals surface area contributed by atoms with Crippen LogP contribution in [0.15, 0.2) is 0 Å². The topological polar surface area (TPSA) is 58.9 Å². The van der Waals surface area contributed by atoms with Crippen molar-refractivity contribution in [1.82, 2.24) is 0 Å². The second kappa shape index (κ2) is 25.0. The van der Waals surface area contributed by atoms with E-state index in [1.165, 1.54) is 0 Å². The third-order valence-corrected chi connectivity index (χ3v) is 3.17. The number of hydrogen-bond donors (Lipinski definition) is 2. The van der Waals surface area contributed by atoms with E-state index < -0.39 is 8.32 Å². The molecule has 116 valence electrons. The van der Waals surface area contributed by atoms with Gasteiger partial charge in [-0.05, 0) is 19.1 Å². The van der Waals surface area contributed by atoms with Gasteiger partial charge in [0, 0.05) is 6.61 Å². The normalized spacial score (nSPS) is 7.76. The second-order valence-electron chi connectivity index (χ2n) is 2.86. The standard InChI is InChI=1S/C6H16O4Si.6CH4/c1-11(2,6-4-8)10-9-5-3-7;;;;;;/h7-8H,3-6H2,1-2H3;6*1H4. The van der Waals surface area contributed by atoms with Gasteiger partial charge >= 0.3 is 0 Å². The predicted molar refractivity (Wildman–Crippen MR) is 83.9 cm³/mol. The van der Waals surface area contributed by atoms with E-state index in [1.807, 2.05) is 13.1 Å². The van der Waals surface area contributed by atoms with Gasteiger partial charge in [-0.3, -0.25) is 4.58 Å². The number of rotatable bonds is 6. The molecule has 0 unspecified atom stereocenters. The van der Waals surface area contributed by atoms with Gasteiger partial charge in [-0.1, -0.05) is 44.6 Å². The van der Waals surface area contributed by atoms with Crippen LogP contribution in [0.2, 0.25) is 19.1 Å². The van der Waals surface area contributed by atoms with Crippen LogP contribution in [0.1, 0.15) is 44.6 Å². The zero-order chi connectivity index (χ0) is 8.74. The first-order chi connectivity index (χ1) is 5.12. The molecule has 0 aromatic heterocycles. The van der Waals surface area contributed by atoms with Crippen LogP contribution < -0.4 is 0 Å². The fourth-order valence-electron chi connectivity index (χ4n) is 0.549. The Balaban J connectivity index is -0.0000000333. The van der Waals surface area contributed by atoms with Crippen molar-refractivity contribution in [3.05, 3.63) is 0 Å². The zero-order valence-corrected chi connectivity index (χ0v) is 8.04. The minimum Gasteiger partial charge on any atom is -0.397 e. The van der Waals surface area contributed by atoms with Crippen LogP contribution in [-0.4, -0.2) is 38.4 Å². The minimum atomic E-state index is -1.82. The smallest absolute Gasteiger partial charge is 0.235 e. The average Bonchev–Trinajstić information content (AvgIpc) is 1.87. The molecule has 0 heterocycles. The maximum absolute atomic E-state index is 8.61. The Morgan fingerprint density at radius 1 is 0.824 bits per heavy atom. The SMILES string of the molecule is C.C.C.C.C.C.C[Si](C)(CCO)OOCCO. The fourth-order valence-corrected chi connectivity index (χ4v) is 1.57. The van der Waals surface area contributed by atoms with Gasteiger partial charge in [-0.15, -0.1) is 0 Å². The molecular weight excluding hydrogens is 236 g/mol. The van der Waals surface area contributed by atoms with Gasteiger partial charge < -0.3 is 10.2 Å². The van der Waals surface area contributed by atoms with Crippen LogP contribution in [0, 0.1) is 0 Å². The van der Waals surface area contributed by atoms with Crippen LogP contribution in [0.3, 0.4) is 0 Å². The van der Waals surface area contributed by atoms with Crippen molar-refractivity contribution in [3.8, 4) is 0 Å². The lowest BCUT2D eigenvalue weighted by molar-refractivity contribution is -0.223. The van der Waals surface area contributed by atoms with Crippen LogP contribution in [-0.2, 0) is 9.46 Å². The van der Waals surface area contributed by atoms with E-state index in [9.17, 15) is 0 Å². The molecule has 0 spiro atoms. The van der Waals surface area contributed by atoms with E-state index in [4.69, 9.17) is 19.7 Å². The third-order valence-electron chi connectivity index (χ3n) is 1.17. The van der Waals surface area contributed by atoms with E-state index in [0.717, 1.165) is 0 Å². The summed E-state index contributed by atoms with van der Waals surface area (Å²) in [6.07, 6.45) is 0. The highest BCUT2D eigenvalue weighted by Crippen LogP contribution is 2.09. The van der Waals surface area contributed by atoms with Crippen LogP contribution in [0.25, 0.3) is 0 Å². The molecule has 0 aromatic carbocycles. The Labute approximate surface area is 112 Å². The van der Waals surface area contributed by atoms with E-state index in [-0.39, 0.29) is 64.4 Å².